The maximum absolute atomic E-state index is 5.05. The fourth-order valence-electron chi connectivity index (χ4n) is 1.71. The molecule has 2 aromatic heterocycles. The highest BCUT2D eigenvalue weighted by atomic mass is 32.1. The molecule has 2 heterocycles. The van der Waals surface area contributed by atoms with E-state index in [0.29, 0.717) is 5.88 Å². The molecule has 0 aliphatic rings. The standard InChI is InChI=1S/C14H19N3OS/c1-4-7-15-10(2)12-9-19-14(17-12)11-5-6-13(18-3)16-8-11/h5-6,8-10,15H,4,7H2,1-3H3. The summed E-state index contributed by atoms with van der Waals surface area (Å²) in [7, 11) is 1.62. The number of thiazole rings is 1. The number of aromatic nitrogens is 2. The Morgan fingerprint density at radius 2 is 2.26 bits per heavy atom. The van der Waals surface area contributed by atoms with Crippen LogP contribution >= 0.6 is 11.3 Å². The Morgan fingerprint density at radius 3 is 2.89 bits per heavy atom. The van der Waals surface area contributed by atoms with Crippen molar-refractivity contribution in [2.45, 2.75) is 26.3 Å². The van der Waals surface area contributed by atoms with Crippen LogP contribution in [-0.2, 0) is 0 Å². The van der Waals surface area contributed by atoms with Crippen molar-refractivity contribution < 1.29 is 4.74 Å². The van der Waals surface area contributed by atoms with Crippen molar-refractivity contribution in [2.75, 3.05) is 13.7 Å². The average Bonchev–Trinajstić information content (AvgIpc) is 2.94. The third kappa shape index (κ3) is 3.52. The molecule has 4 nitrogen and oxygen atoms in total. The largest absolute Gasteiger partial charge is 0.481 e. The third-order valence-corrected chi connectivity index (χ3v) is 3.77. The number of hydrogen-bond acceptors (Lipinski definition) is 5. The topological polar surface area (TPSA) is 47.0 Å². The van der Waals surface area contributed by atoms with Crippen LogP contribution in [0.3, 0.4) is 0 Å². The number of pyridine rings is 1. The van der Waals surface area contributed by atoms with E-state index in [-0.39, 0.29) is 6.04 Å². The first-order valence-electron chi connectivity index (χ1n) is 6.43. The van der Waals surface area contributed by atoms with Gasteiger partial charge in [0, 0.05) is 29.2 Å². The maximum atomic E-state index is 5.05. The summed E-state index contributed by atoms with van der Waals surface area (Å²) in [5, 5.41) is 6.54. The van der Waals surface area contributed by atoms with Crippen LogP contribution in [0.15, 0.2) is 23.7 Å². The van der Waals surface area contributed by atoms with Crippen LogP contribution < -0.4 is 10.1 Å². The van der Waals surface area contributed by atoms with Gasteiger partial charge < -0.3 is 10.1 Å². The highest BCUT2D eigenvalue weighted by molar-refractivity contribution is 7.13. The van der Waals surface area contributed by atoms with E-state index in [0.717, 1.165) is 29.2 Å². The van der Waals surface area contributed by atoms with E-state index >= 15 is 0 Å². The van der Waals surface area contributed by atoms with Crippen molar-refractivity contribution in [3.8, 4) is 16.5 Å². The molecule has 0 aliphatic heterocycles. The summed E-state index contributed by atoms with van der Waals surface area (Å²) in [6.45, 7) is 5.31. The van der Waals surface area contributed by atoms with Gasteiger partial charge in [-0.15, -0.1) is 11.3 Å². The Kier molecular flexibility index (Phi) is 4.87. The Balaban J connectivity index is 2.11. The average molecular weight is 277 g/mol. The summed E-state index contributed by atoms with van der Waals surface area (Å²) in [5.74, 6) is 0.624. The van der Waals surface area contributed by atoms with Gasteiger partial charge in [-0.3, -0.25) is 0 Å². The van der Waals surface area contributed by atoms with Crippen LogP contribution in [0.25, 0.3) is 10.6 Å². The molecule has 2 rings (SSSR count). The zero-order valence-electron chi connectivity index (χ0n) is 11.5. The molecule has 0 amide bonds. The number of nitrogens with zero attached hydrogens (tertiary/aromatic N) is 2. The molecule has 1 N–H and O–H groups in total. The molecule has 0 saturated carbocycles. The van der Waals surface area contributed by atoms with Gasteiger partial charge in [0.25, 0.3) is 0 Å². The minimum absolute atomic E-state index is 0.288. The molecule has 19 heavy (non-hydrogen) atoms. The Morgan fingerprint density at radius 1 is 1.42 bits per heavy atom. The maximum Gasteiger partial charge on any atom is 0.212 e. The molecule has 2 aromatic rings. The molecule has 0 aliphatic carbocycles. The number of hydrogen-bond donors (Lipinski definition) is 1. The van der Waals surface area contributed by atoms with E-state index in [1.807, 2.05) is 12.1 Å². The quantitative estimate of drug-likeness (QED) is 0.880. The minimum Gasteiger partial charge on any atom is -0.481 e. The molecule has 5 heteroatoms. The normalized spacial score (nSPS) is 12.4. The van der Waals surface area contributed by atoms with E-state index < -0.39 is 0 Å². The van der Waals surface area contributed by atoms with Gasteiger partial charge in [-0.1, -0.05) is 6.92 Å². The van der Waals surface area contributed by atoms with Crippen molar-refractivity contribution in [2.24, 2.45) is 0 Å². The molecule has 1 atom stereocenters. The molecular formula is C14H19N3OS. The fourth-order valence-corrected chi connectivity index (χ4v) is 2.61. The Labute approximate surface area is 117 Å². The predicted molar refractivity (Wildman–Crippen MR) is 78.6 cm³/mol. The lowest BCUT2D eigenvalue weighted by atomic mass is 10.2. The zero-order valence-corrected chi connectivity index (χ0v) is 12.3. The number of ether oxygens (including phenoxy) is 1. The summed E-state index contributed by atoms with van der Waals surface area (Å²) in [6.07, 6.45) is 2.93. The highest BCUT2D eigenvalue weighted by Crippen LogP contribution is 2.26. The van der Waals surface area contributed by atoms with Crippen LogP contribution in [0.2, 0.25) is 0 Å². The summed E-state index contributed by atoms with van der Waals surface area (Å²) >= 11 is 1.65. The molecule has 1 unspecified atom stereocenters. The third-order valence-electron chi connectivity index (χ3n) is 2.86. The van der Waals surface area contributed by atoms with Crippen molar-refractivity contribution >= 4 is 11.3 Å². The number of nitrogens with one attached hydrogen (secondary N) is 1. The second-order valence-corrected chi connectivity index (χ2v) is 5.20. The van der Waals surface area contributed by atoms with Crippen molar-refractivity contribution in [3.63, 3.8) is 0 Å². The lowest BCUT2D eigenvalue weighted by Crippen LogP contribution is -2.19. The van der Waals surface area contributed by atoms with Gasteiger partial charge in [-0.2, -0.15) is 0 Å². The molecule has 0 saturated heterocycles. The van der Waals surface area contributed by atoms with E-state index in [1.54, 1.807) is 24.6 Å². The predicted octanol–water partition coefficient (Wildman–Crippen LogP) is 3.27. The van der Waals surface area contributed by atoms with Gasteiger partial charge in [0.2, 0.25) is 5.88 Å². The van der Waals surface area contributed by atoms with Gasteiger partial charge in [0.15, 0.2) is 0 Å². The summed E-state index contributed by atoms with van der Waals surface area (Å²) in [4.78, 5) is 8.87. The van der Waals surface area contributed by atoms with Crippen LogP contribution in [0.1, 0.15) is 32.0 Å². The SMILES string of the molecule is CCCNC(C)c1csc(-c2ccc(OC)nc2)n1. The van der Waals surface area contributed by atoms with Crippen LogP contribution in [0, 0.1) is 0 Å². The summed E-state index contributed by atoms with van der Waals surface area (Å²) in [5.41, 5.74) is 2.11. The van der Waals surface area contributed by atoms with Crippen molar-refractivity contribution in [1.29, 1.82) is 0 Å². The first kappa shape index (κ1) is 14.0. The Hall–Kier alpha value is -1.46. The van der Waals surface area contributed by atoms with E-state index in [1.165, 1.54) is 0 Å². The number of methoxy groups -OCH3 is 1. The molecule has 102 valence electrons. The first-order chi connectivity index (χ1) is 9.24. The molecule has 0 spiro atoms. The molecule has 0 radical (unpaired) electrons. The van der Waals surface area contributed by atoms with Gasteiger partial charge in [-0.25, -0.2) is 9.97 Å². The van der Waals surface area contributed by atoms with Crippen LogP contribution in [0.5, 0.6) is 5.88 Å². The van der Waals surface area contributed by atoms with Crippen LogP contribution in [0.4, 0.5) is 0 Å². The van der Waals surface area contributed by atoms with Gasteiger partial charge >= 0.3 is 0 Å². The van der Waals surface area contributed by atoms with Crippen molar-refractivity contribution in [3.05, 3.63) is 29.4 Å². The van der Waals surface area contributed by atoms with Crippen LogP contribution in [-0.4, -0.2) is 23.6 Å². The molecular weight excluding hydrogens is 258 g/mol. The highest BCUT2D eigenvalue weighted by Gasteiger charge is 2.10. The summed E-state index contributed by atoms with van der Waals surface area (Å²) in [6, 6.07) is 4.13. The second-order valence-electron chi connectivity index (χ2n) is 4.34. The Bertz CT molecular complexity index is 510. The van der Waals surface area contributed by atoms with Gasteiger partial charge in [0.1, 0.15) is 5.01 Å². The van der Waals surface area contributed by atoms with Crippen molar-refractivity contribution in [1.82, 2.24) is 15.3 Å². The van der Waals surface area contributed by atoms with E-state index in [2.05, 4.69) is 34.5 Å². The van der Waals surface area contributed by atoms with E-state index in [4.69, 9.17) is 4.74 Å². The number of rotatable bonds is 6. The second kappa shape index (κ2) is 6.63. The van der Waals surface area contributed by atoms with Gasteiger partial charge in [-0.05, 0) is 26.0 Å². The fraction of sp³-hybridized carbons (Fsp3) is 0.429. The molecule has 0 aromatic carbocycles. The van der Waals surface area contributed by atoms with Gasteiger partial charge in [0.05, 0.1) is 12.8 Å². The minimum atomic E-state index is 0.288. The molecule has 0 bridgehead atoms. The zero-order chi connectivity index (χ0) is 13.7. The van der Waals surface area contributed by atoms with E-state index in [9.17, 15) is 0 Å². The monoisotopic (exact) mass is 277 g/mol. The molecule has 0 fully saturated rings. The first-order valence-corrected chi connectivity index (χ1v) is 7.31. The lowest BCUT2D eigenvalue weighted by molar-refractivity contribution is 0.398. The smallest absolute Gasteiger partial charge is 0.212 e. The summed E-state index contributed by atoms with van der Waals surface area (Å²) < 4.78 is 5.05. The lowest BCUT2D eigenvalue weighted by Gasteiger charge is -2.09.